The van der Waals surface area contributed by atoms with Crippen molar-refractivity contribution in [3.63, 3.8) is 0 Å². The molecule has 0 aromatic carbocycles. The minimum absolute atomic E-state index is 0. The molecule has 2 fully saturated rings. The monoisotopic (exact) mass is 452 g/mol. The zero-order valence-corrected chi connectivity index (χ0v) is 18.4. The lowest BCUT2D eigenvalue weighted by atomic mass is 9.60. The van der Waals surface area contributed by atoms with E-state index in [0.717, 1.165) is 32.1 Å². The number of hydrogen-bond acceptors (Lipinski definition) is 3. The van der Waals surface area contributed by atoms with Crippen molar-refractivity contribution in [2.24, 2.45) is 10.4 Å². The molecule has 0 saturated heterocycles. The Morgan fingerprint density at radius 2 is 1.88 bits per heavy atom. The highest BCUT2D eigenvalue weighted by molar-refractivity contribution is 14.0. The molecule has 2 unspecified atom stereocenters. The third kappa shape index (κ3) is 5.46. The Hall–Kier alpha value is -0.0800. The highest BCUT2D eigenvalue weighted by Crippen LogP contribution is 2.54. The zero-order valence-electron chi connectivity index (χ0n) is 16.1. The molecular formula is C18H37IN4O. The number of halogens is 1. The van der Waals surface area contributed by atoms with Gasteiger partial charge in [0.1, 0.15) is 0 Å². The molecule has 6 heteroatoms. The van der Waals surface area contributed by atoms with E-state index in [9.17, 15) is 0 Å². The van der Waals surface area contributed by atoms with Gasteiger partial charge in [0.25, 0.3) is 0 Å². The van der Waals surface area contributed by atoms with Crippen LogP contribution in [0.25, 0.3) is 0 Å². The maximum atomic E-state index is 5.99. The van der Waals surface area contributed by atoms with Crippen LogP contribution < -0.4 is 16.0 Å². The van der Waals surface area contributed by atoms with E-state index < -0.39 is 0 Å². The number of nitrogens with one attached hydrogen (secondary N) is 3. The minimum Gasteiger partial charge on any atom is -0.378 e. The number of hydrogen-bond donors (Lipinski definition) is 3. The molecule has 3 N–H and O–H groups in total. The predicted octanol–water partition coefficient (Wildman–Crippen LogP) is 2.90. The van der Waals surface area contributed by atoms with Crippen molar-refractivity contribution in [3.05, 3.63) is 0 Å². The first-order chi connectivity index (χ1) is 10.9. The fraction of sp³-hybridized carbons (Fsp3) is 0.944. The van der Waals surface area contributed by atoms with Crippen LogP contribution in [0.1, 0.15) is 59.8 Å². The molecule has 2 rings (SSSR count). The summed E-state index contributed by atoms with van der Waals surface area (Å²) in [5.74, 6) is 0.923. The van der Waals surface area contributed by atoms with Crippen molar-refractivity contribution in [1.29, 1.82) is 0 Å². The molecule has 0 bridgehead atoms. The first-order valence-corrected chi connectivity index (χ1v) is 9.25. The number of rotatable bonds is 6. The van der Waals surface area contributed by atoms with Gasteiger partial charge in [-0.15, -0.1) is 24.0 Å². The van der Waals surface area contributed by atoms with Crippen LogP contribution in [0.15, 0.2) is 4.99 Å². The summed E-state index contributed by atoms with van der Waals surface area (Å²) in [5, 5.41) is 10.6. The van der Waals surface area contributed by atoms with Crippen molar-refractivity contribution in [2.75, 3.05) is 26.7 Å². The Balaban J connectivity index is 0.00000288. The quantitative estimate of drug-likeness (QED) is 0.251. The number of nitrogens with zero attached hydrogens (tertiary/aromatic N) is 1. The highest BCUT2D eigenvalue weighted by atomic mass is 127. The van der Waals surface area contributed by atoms with E-state index in [4.69, 9.17) is 4.74 Å². The van der Waals surface area contributed by atoms with Crippen LogP contribution in [0.2, 0.25) is 0 Å². The second-order valence-electron chi connectivity index (χ2n) is 7.99. The molecule has 0 amide bonds. The third-order valence-electron chi connectivity index (χ3n) is 5.29. The third-order valence-corrected chi connectivity index (χ3v) is 5.29. The van der Waals surface area contributed by atoms with Crippen molar-refractivity contribution < 1.29 is 4.74 Å². The lowest BCUT2D eigenvalue weighted by Gasteiger charge is -2.54. The van der Waals surface area contributed by atoms with Gasteiger partial charge in [-0.2, -0.15) is 0 Å². The Morgan fingerprint density at radius 3 is 2.42 bits per heavy atom. The van der Waals surface area contributed by atoms with Crippen molar-refractivity contribution in [1.82, 2.24) is 16.0 Å². The first-order valence-electron chi connectivity index (χ1n) is 9.25. The molecule has 24 heavy (non-hydrogen) atoms. The van der Waals surface area contributed by atoms with Gasteiger partial charge in [0.2, 0.25) is 0 Å². The van der Waals surface area contributed by atoms with Crippen LogP contribution in [-0.2, 0) is 4.74 Å². The Labute approximate surface area is 165 Å². The van der Waals surface area contributed by atoms with E-state index in [-0.39, 0.29) is 29.5 Å². The average molecular weight is 452 g/mol. The van der Waals surface area contributed by atoms with Crippen LogP contribution in [0.5, 0.6) is 0 Å². The van der Waals surface area contributed by atoms with Gasteiger partial charge in [-0.1, -0.05) is 12.8 Å². The Bertz CT molecular complexity index is 402. The van der Waals surface area contributed by atoms with Crippen LogP contribution in [0, 0.1) is 5.41 Å². The molecule has 142 valence electrons. The summed E-state index contributed by atoms with van der Waals surface area (Å²) < 4.78 is 5.99. The highest BCUT2D eigenvalue weighted by Gasteiger charge is 2.56. The minimum atomic E-state index is 0. The Morgan fingerprint density at radius 1 is 1.21 bits per heavy atom. The van der Waals surface area contributed by atoms with Gasteiger partial charge in [0, 0.05) is 43.7 Å². The fourth-order valence-electron chi connectivity index (χ4n) is 4.07. The molecule has 0 radical (unpaired) electrons. The largest absolute Gasteiger partial charge is 0.378 e. The van der Waals surface area contributed by atoms with E-state index in [1.807, 2.05) is 7.05 Å². The average Bonchev–Trinajstić information content (AvgIpc) is 3.00. The number of ether oxygens (including phenoxy) is 1. The number of aliphatic imine (C=N–C) groups is 1. The van der Waals surface area contributed by atoms with Crippen molar-refractivity contribution in [2.45, 2.75) is 77.5 Å². The normalized spacial score (nSPS) is 26.0. The molecule has 0 aliphatic heterocycles. The molecule has 2 aliphatic rings. The molecule has 5 nitrogen and oxygen atoms in total. The van der Waals surface area contributed by atoms with E-state index in [1.54, 1.807) is 0 Å². The van der Waals surface area contributed by atoms with Crippen LogP contribution in [0.3, 0.4) is 0 Å². The van der Waals surface area contributed by atoms with Gasteiger partial charge < -0.3 is 20.7 Å². The molecule has 0 heterocycles. The summed E-state index contributed by atoms with van der Waals surface area (Å²) in [6.07, 6.45) is 6.80. The Kier molecular flexibility index (Phi) is 8.76. The zero-order chi connectivity index (χ0) is 16.9. The second kappa shape index (κ2) is 9.57. The molecule has 0 aromatic rings. The van der Waals surface area contributed by atoms with Gasteiger partial charge >= 0.3 is 0 Å². The molecule has 2 atom stereocenters. The summed E-state index contributed by atoms with van der Waals surface area (Å²) in [4.78, 5) is 4.40. The van der Waals surface area contributed by atoms with Crippen molar-refractivity contribution in [3.8, 4) is 0 Å². The van der Waals surface area contributed by atoms with Crippen LogP contribution >= 0.6 is 24.0 Å². The van der Waals surface area contributed by atoms with Gasteiger partial charge in [-0.25, -0.2) is 0 Å². The van der Waals surface area contributed by atoms with Gasteiger partial charge in [-0.3, -0.25) is 4.99 Å². The smallest absolute Gasteiger partial charge is 0.191 e. The standard InChI is InChI=1S/C18H36N4O.HI/c1-6-23-15-13-14(18(15)9-7-8-10-18)22-16(19-5)20-11-12-21-17(2,3)4;/h14-15,21H,6-13H2,1-5H3,(H2,19,20,22);1H. The summed E-state index contributed by atoms with van der Waals surface area (Å²) in [6, 6.07) is 0.503. The lowest BCUT2D eigenvalue weighted by Crippen LogP contribution is -2.65. The molecule has 0 aromatic heterocycles. The summed E-state index contributed by atoms with van der Waals surface area (Å²) in [5.41, 5.74) is 0.502. The summed E-state index contributed by atoms with van der Waals surface area (Å²) in [6.45, 7) is 11.3. The van der Waals surface area contributed by atoms with E-state index in [0.29, 0.717) is 17.6 Å². The fourth-order valence-corrected chi connectivity index (χ4v) is 4.07. The maximum Gasteiger partial charge on any atom is 0.191 e. The van der Waals surface area contributed by atoms with E-state index in [1.165, 1.54) is 25.7 Å². The number of guanidine groups is 1. The topological polar surface area (TPSA) is 57.7 Å². The maximum absolute atomic E-state index is 5.99. The first kappa shape index (κ1) is 22.0. The molecule has 2 saturated carbocycles. The van der Waals surface area contributed by atoms with Crippen LogP contribution in [-0.4, -0.2) is 50.4 Å². The molecule has 2 aliphatic carbocycles. The second-order valence-corrected chi connectivity index (χ2v) is 7.99. The van der Waals surface area contributed by atoms with Gasteiger partial charge in [0.15, 0.2) is 5.96 Å². The van der Waals surface area contributed by atoms with Gasteiger partial charge in [0.05, 0.1) is 6.10 Å². The van der Waals surface area contributed by atoms with E-state index >= 15 is 0 Å². The van der Waals surface area contributed by atoms with Gasteiger partial charge in [-0.05, 0) is 47.0 Å². The lowest BCUT2D eigenvalue weighted by molar-refractivity contribution is -0.125. The summed E-state index contributed by atoms with van der Waals surface area (Å²) >= 11 is 0. The van der Waals surface area contributed by atoms with Crippen LogP contribution in [0.4, 0.5) is 0 Å². The van der Waals surface area contributed by atoms with E-state index in [2.05, 4.69) is 48.6 Å². The molecule has 1 spiro atoms. The summed E-state index contributed by atoms with van der Waals surface area (Å²) in [7, 11) is 1.85. The predicted molar refractivity (Wildman–Crippen MR) is 112 cm³/mol. The SMILES string of the molecule is CCOC1CC(NC(=NC)NCCNC(C)(C)C)C12CCCC2.I. The molecular weight excluding hydrogens is 415 g/mol. The van der Waals surface area contributed by atoms with Crippen molar-refractivity contribution >= 4 is 29.9 Å².